The molecule has 1 aliphatic heterocycles. The molecule has 0 spiro atoms. The fourth-order valence-corrected chi connectivity index (χ4v) is 2.21. The average molecular weight is 261 g/mol. The van der Waals surface area contributed by atoms with Crippen molar-refractivity contribution in [2.75, 3.05) is 6.79 Å². The molecule has 3 rings (SSSR count). The molecular weight excluding hydrogens is 252 g/mol. The van der Waals surface area contributed by atoms with Crippen LogP contribution in [0.25, 0.3) is 11.1 Å². The first kappa shape index (κ1) is 11.1. The summed E-state index contributed by atoms with van der Waals surface area (Å²) >= 11 is 6.15. The Balaban J connectivity index is 2.23. The molecular formula is C14H9ClO3. The zero-order valence-corrected chi connectivity index (χ0v) is 10.1. The molecule has 0 N–H and O–H groups in total. The minimum absolute atomic E-state index is 0.180. The van der Waals surface area contributed by atoms with Gasteiger partial charge in [-0.05, 0) is 23.8 Å². The summed E-state index contributed by atoms with van der Waals surface area (Å²) in [5.41, 5.74) is 2.09. The highest BCUT2D eigenvalue weighted by molar-refractivity contribution is 6.33. The van der Waals surface area contributed by atoms with Crippen LogP contribution in [0.5, 0.6) is 11.5 Å². The highest BCUT2D eigenvalue weighted by Crippen LogP contribution is 2.39. The molecule has 0 unspecified atom stereocenters. The van der Waals surface area contributed by atoms with Gasteiger partial charge in [-0.2, -0.15) is 0 Å². The lowest BCUT2D eigenvalue weighted by Crippen LogP contribution is -1.92. The molecule has 0 bridgehead atoms. The number of fused-ring (bicyclic) bond motifs is 1. The molecule has 0 amide bonds. The van der Waals surface area contributed by atoms with E-state index in [1.807, 2.05) is 18.2 Å². The Morgan fingerprint density at radius 1 is 1.06 bits per heavy atom. The smallest absolute Gasteiger partial charge is 0.231 e. The van der Waals surface area contributed by atoms with Gasteiger partial charge in [-0.25, -0.2) is 0 Å². The van der Waals surface area contributed by atoms with Crippen molar-refractivity contribution in [2.24, 2.45) is 0 Å². The van der Waals surface area contributed by atoms with Gasteiger partial charge in [0.05, 0.1) is 0 Å². The number of aldehydes is 1. The molecule has 0 atom stereocenters. The van der Waals surface area contributed by atoms with Crippen LogP contribution >= 0.6 is 11.6 Å². The van der Waals surface area contributed by atoms with Gasteiger partial charge in [0.25, 0.3) is 0 Å². The number of hydrogen-bond acceptors (Lipinski definition) is 3. The molecule has 1 aliphatic rings. The molecule has 0 fully saturated rings. The standard InChI is InChI=1S/C14H9ClO3/c15-12-4-2-1-3-10(12)11-6-14-13(17-8-18-14)5-9(11)7-16/h1-7H,8H2. The summed E-state index contributed by atoms with van der Waals surface area (Å²) in [4.78, 5) is 11.2. The van der Waals surface area contributed by atoms with Crippen LogP contribution in [0, 0.1) is 0 Å². The van der Waals surface area contributed by atoms with Crippen molar-refractivity contribution in [3.05, 3.63) is 47.0 Å². The van der Waals surface area contributed by atoms with Gasteiger partial charge >= 0.3 is 0 Å². The van der Waals surface area contributed by atoms with Crippen molar-refractivity contribution in [1.29, 1.82) is 0 Å². The monoisotopic (exact) mass is 260 g/mol. The Kier molecular flexibility index (Phi) is 2.68. The van der Waals surface area contributed by atoms with E-state index in [9.17, 15) is 4.79 Å². The second kappa shape index (κ2) is 4.35. The van der Waals surface area contributed by atoms with Crippen molar-refractivity contribution in [1.82, 2.24) is 0 Å². The minimum atomic E-state index is 0.180. The average Bonchev–Trinajstić information content (AvgIpc) is 2.85. The van der Waals surface area contributed by atoms with Crippen molar-refractivity contribution in [3.63, 3.8) is 0 Å². The third kappa shape index (κ3) is 1.73. The van der Waals surface area contributed by atoms with Crippen LogP contribution < -0.4 is 9.47 Å². The topological polar surface area (TPSA) is 35.5 Å². The van der Waals surface area contributed by atoms with Crippen LogP contribution in [0.15, 0.2) is 36.4 Å². The summed E-state index contributed by atoms with van der Waals surface area (Å²) in [7, 11) is 0. The molecule has 2 aromatic carbocycles. The van der Waals surface area contributed by atoms with E-state index in [4.69, 9.17) is 21.1 Å². The van der Waals surface area contributed by atoms with Gasteiger partial charge in [0.15, 0.2) is 17.8 Å². The normalized spacial score (nSPS) is 12.5. The Bertz CT molecular complexity index is 622. The summed E-state index contributed by atoms with van der Waals surface area (Å²) in [5, 5.41) is 0.597. The summed E-state index contributed by atoms with van der Waals surface area (Å²) in [5.74, 6) is 1.23. The molecule has 0 aromatic heterocycles. The SMILES string of the molecule is O=Cc1cc2c(cc1-c1ccccc1Cl)OCO2. The Hall–Kier alpha value is -2.00. The first-order chi connectivity index (χ1) is 8.79. The lowest BCUT2D eigenvalue weighted by Gasteiger charge is -2.08. The molecule has 2 aromatic rings. The Labute approximate surface area is 109 Å². The maximum absolute atomic E-state index is 11.2. The maximum Gasteiger partial charge on any atom is 0.231 e. The first-order valence-corrected chi connectivity index (χ1v) is 5.81. The molecule has 90 valence electrons. The fourth-order valence-electron chi connectivity index (χ4n) is 1.97. The van der Waals surface area contributed by atoms with Crippen LogP contribution in [0.1, 0.15) is 10.4 Å². The second-order valence-electron chi connectivity index (χ2n) is 3.89. The van der Waals surface area contributed by atoms with Crippen molar-refractivity contribution in [2.45, 2.75) is 0 Å². The second-order valence-corrected chi connectivity index (χ2v) is 4.30. The summed E-state index contributed by atoms with van der Waals surface area (Å²) in [6.45, 7) is 0.180. The van der Waals surface area contributed by atoms with Gasteiger partial charge < -0.3 is 9.47 Å². The third-order valence-electron chi connectivity index (χ3n) is 2.84. The van der Waals surface area contributed by atoms with Gasteiger partial charge in [0.2, 0.25) is 6.79 Å². The molecule has 0 aliphatic carbocycles. The largest absolute Gasteiger partial charge is 0.454 e. The van der Waals surface area contributed by atoms with Crippen LogP contribution in [-0.4, -0.2) is 13.1 Å². The van der Waals surface area contributed by atoms with E-state index in [-0.39, 0.29) is 6.79 Å². The maximum atomic E-state index is 11.2. The highest BCUT2D eigenvalue weighted by atomic mass is 35.5. The van der Waals surface area contributed by atoms with E-state index in [1.54, 1.807) is 18.2 Å². The lowest BCUT2D eigenvalue weighted by molar-refractivity contribution is 0.112. The summed E-state index contributed by atoms with van der Waals surface area (Å²) in [6.07, 6.45) is 0.792. The zero-order chi connectivity index (χ0) is 12.5. The molecule has 3 nitrogen and oxygen atoms in total. The number of benzene rings is 2. The number of hydrogen-bond donors (Lipinski definition) is 0. The van der Waals surface area contributed by atoms with E-state index in [1.165, 1.54) is 0 Å². The summed E-state index contributed by atoms with van der Waals surface area (Å²) in [6, 6.07) is 10.8. The van der Waals surface area contributed by atoms with Gasteiger partial charge in [-0.15, -0.1) is 0 Å². The highest BCUT2D eigenvalue weighted by Gasteiger charge is 2.18. The molecule has 1 heterocycles. The Morgan fingerprint density at radius 2 is 1.78 bits per heavy atom. The van der Waals surface area contributed by atoms with Crippen LogP contribution in [-0.2, 0) is 0 Å². The minimum Gasteiger partial charge on any atom is -0.454 e. The van der Waals surface area contributed by atoms with E-state index >= 15 is 0 Å². The van der Waals surface area contributed by atoms with Crippen LogP contribution in [0.2, 0.25) is 5.02 Å². The predicted octanol–water partition coefficient (Wildman–Crippen LogP) is 3.55. The van der Waals surface area contributed by atoms with E-state index in [0.29, 0.717) is 22.1 Å². The first-order valence-electron chi connectivity index (χ1n) is 5.43. The number of rotatable bonds is 2. The quantitative estimate of drug-likeness (QED) is 0.775. The lowest BCUT2D eigenvalue weighted by atomic mass is 9.99. The van der Waals surface area contributed by atoms with Crippen LogP contribution in [0.4, 0.5) is 0 Å². The molecule has 18 heavy (non-hydrogen) atoms. The van der Waals surface area contributed by atoms with Crippen molar-refractivity contribution in [3.8, 4) is 22.6 Å². The van der Waals surface area contributed by atoms with E-state index in [2.05, 4.69) is 0 Å². The number of ether oxygens (including phenoxy) is 2. The third-order valence-corrected chi connectivity index (χ3v) is 3.17. The van der Waals surface area contributed by atoms with E-state index < -0.39 is 0 Å². The molecule has 0 saturated heterocycles. The zero-order valence-electron chi connectivity index (χ0n) is 9.35. The van der Waals surface area contributed by atoms with Crippen molar-refractivity contribution < 1.29 is 14.3 Å². The molecule has 0 radical (unpaired) electrons. The number of carbonyl (C=O) groups excluding carboxylic acids is 1. The molecule has 0 saturated carbocycles. The van der Waals surface area contributed by atoms with Gasteiger partial charge in [0.1, 0.15) is 0 Å². The summed E-state index contributed by atoms with van der Waals surface area (Å²) < 4.78 is 10.6. The van der Waals surface area contributed by atoms with Gasteiger partial charge in [0, 0.05) is 16.1 Å². The fraction of sp³-hybridized carbons (Fsp3) is 0.0714. The van der Waals surface area contributed by atoms with Crippen LogP contribution in [0.3, 0.4) is 0 Å². The van der Waals surface area contributed by atoms with Gasteiger partial charge in [-0.3, -0.25) is 4.79 Å². The van der Waals surface area contributed by atoms with E-state index in [0.717, 1.165) is 17.4 Å². The van der Waals surface area contributed by atoms with Gasteiger partial charge in [-0.1, -0.05) is 29.8 Å². The number of halogens is 1. The predicted molar refractivity (Wildman–Crippen MR) is 68.4 cm³/mol. The Morgan fingerprint density at radius 3 is 2.50 bits per heavy atom. The molecule has 4 heteroatoms. The number of carbonyl (C=O) groups is 1. The van der Waals surface area contributed by atoms with Crippen molar-refractivity contribution >= 4 is 17.9 Å².